The smallest absolute Gasteiger partial charge is 0.129 e. The van der Waals surface area contributed by atoms with Crippen molar-refractivity contribution >= 4 is 5.71 Å². The first-order valence-corrected chi connectivity index (χ1v) is 11.9. The van der Waals surface area contributed by atoms with Crippen molar-refractivity contribution in [1.29, 1.82) is 0 Å². The Hall–Kier alpha value is -1.59. The Labute approximate surface area is 183 Å². The minimum atomic E-state index is -0.289. The predicted octanol–water partition coefficient (Wildman–Crippen LogP) is 4.94. The average Bonchev–Trinajstić information content (AvgIpc) is 3.14. The second kappa shape index (κ2) is 11.1. The molecule has 2 aliphatic rings. The van der Waals surface area contributed by atoms with Crippen molar-refractivity contribution in [3.05, 3.63) is 29.8 Å². The summed E-state index contributed by atoms with van der Waals surface area (Å²) in [5, 5.41) is 4.54. The summed E-state index contributed by atoms with van der Waals surface area (Å²) < 4.78 is 5.99. The first kappa shape index (κ1) is 23.1. The van der Waals surface area contributed by atoms with Crippen LogP contribution in [-0.2, 0) is 4.84 Å². The maximum atomic E-state index is 5.99. The third-order valence-corrected chi connectivity index (χ3v) is 5.99. The number of nitrogens with zero attached hydrogens (tertiary/aromatic N) is 3. The fourth-order valence-corrected chi connectivity index (χ4v) is 4.22. The number of ether oxygens (including phenoxy) is 1. The Morgan fingerprint density at radius 3 is 2.40 bits per heavy atom. The lowest BCUT2D eigenvalue weighted by Crippen LogP contribution is -2.35. The monoisotopic (exact) mass is 415 g/mol. The van der Waals surface area contributed by atoms with Gasteiger partial charge in [0, 0.05) is 24.7 Å². The van der Waals surface area contributed by atoms with Gasteiger partial charge in [0.2, 0.25) is 0 Å². The Bertz CT molecular complexity index is 660. The van der Waals surface area contributed by atoms with Crippen LogP contribution in [0.25, 0.3) is 0 Å². The maximum absolute atomic E-state index is 5.99. The van der Waals surface area contributed by atoms with Gasteiger partial charge >= 0.3 is 0 Å². The molecular weight excluding hydrogens is 374 g/mol. The molecule has 0 N–H and O–H groups in total. The first-order valence-electron chi connectivity index (χ1n) is 11.9. The topological polar surface area (TPSA) is 37.3 Å². The molecule has 2 aliphatic heterocycles. The van der Waals surface area contributed by atoms with E-state index >= 15 is 0 Å². The Balaban J connectivity index is 1.54. The quantitative estimate of drug-likeness (QED) is 0.325. The van der Waals surface area contributed by atoms with Crippen molar-refractivity contribution in [2.75, 3.05) is 39.3 Å². The van der Waals surface area contributed by atoms with Crippen molar-refractivity contribution in [1.82, 2.24) is 9.80 Å². The second-order valence-corrected chi connectivity index (χ2v) is 9.83. The summed E-state index contributed by atoms with van der Waals surface area (Å²) in [7, 11) is 0. The van der Waals surface area contributed by atoms with E-state index in [0.29, 0.717) is 0 Å². The number of hydrogen-bond acceptors (Lipinski definition) is 5. The largest absolute Gasteiger partial charge is 0.494 e. The summed E-state index contributed by atoms with van der Waals surface area (Å²) in [5.74, 6) is 0.933. The van der Waals surface area contributed by atoms with Gasteiger partial charge in [-0.1, -0.05) is 11.6 Å². The number of likely N-dealkylation sites (tertiary alicyclic amines) is 2. The fourth-order valence-electron chi connectivity index (χ4n) is 4.22. The highest BCUT2D eigenvalue weighted by Crippen LogP contribution is 2.18. The molecule has 2 fully saturated rings. The number of oxime groups is 1. The minimum Gasteiger partial charge on any atom is -0.494 e. The van der Waals surface area contributed by atoms with Crippen LogP contribution in [0.3, 0.4) is 0 Å². The molecule has 3 rings (SSSR count). The SMILES string of the molecule is CC1CCCN1CCCOc1ccc(/C(CN2CCCCC2)=N/OC(C)(C)C)cc1. The normalized spacial score (nSPS) is 21.7. The minimum absolute atomic E-state index is 0.289. The van der Waals surface area contributed by atoms with Crippen LogP contribution in [0, 0.1) is 0 Å². The molecule has 168 valence electrons. The lowest BCUT2D eigenvalue weighted by atomic mass is 10.1. The third-order valence-electron chi connectivity index (χ3n) is 5.99. The van der Waals surface area contributed by atoms with Crippen LogP contribution < -0.4 is 4.74 Å². The number of benzene rings is 1. The van der Waals surface area contributed by atoms with E-state index in [0.717, 1.165) is 62.3 Å². The first-order chi connectivity index (χ1) is 14.4. The van der Waals surface area contributed by atoms with Gasteiger partial charge in [0.1, 0.15) is 17.1 Å². The molecule has 0 amide bonds. The second-order valence-electron chi connectivity index (χ2n) is 9.83. The zero-order valence-electron chi connectivity index (χ0n) is 19.5. The van der Waals surface area contributed by atoms with E-state index in [1.165, 1.54) is 38.6 Å². The molecule has 5 nitrogen and oxygen atoms in total. The lowest BCUT2D eigenvalue weighted by Gasteiger charge is -2.27. The van der Waals surface area contributed by atoms with Crippen LogP contribution in [0.5, 0.6) is 5.75 Å². The molecule has 1 unspecified atom stereocenters. The molecule has 0 aromatic heterocycles. The summed E-state index contributed by atoms with van der Waals surface area (Å²) in [6.45, 7) is 14.7. The van der Waals surface area contributed by atoms with Crippen LogP contribution in [-0.4, -0.2) is 66.5 Å². The van der Waals surface area contributed by atoms with Gasteiger partial charge in [0.25, 0.3) is 0 Å². The van der Waals surface area contributed by atoms with E-state index in [-0.39, 0.29) is 5.60 Å². The number of piperidine rings is 1. The van der Waals surface area contributed by atoms with E-state index in [9.17, 15) is 0 Å². The van der Waals surface area contributed by atoms with E-state index in [1.54, 1.807) is 0 Å². The van der Waals surface area contributed by atoms with Crippen molar-refractivity contribution < 1.29 is 9.57 Å². The van der Waals surface area contributed by atoms with Gasteiger partial charge in [-0.3, -0.25) is 4.90 Å². The third kappa shape index (κ3) is 7.59. The molecule has 2 saturated heterocycles. The molecule has 0 bridgehead atoms. The van der Waals surface area contributed by atoms with Gasteiger partial charge in [-0.15, -0.1) is 0 Å². The van der Waals surface area contributed by atoms with Crippen LogP contribution in [0.2, 0.25) is 0 Å². The van der Waals surface area contributed by atoms with Crippen LogP contribution >= 0.6 is 0 Å². The van der Waals surface area contributed by atoms with E-state index in [4.69, 9.17) is 9.57 Å². The summed E-state index contributed by atoms with van der Waals surface area (Å²) in [4.78, 5) is 10.8. The zero-order chi connectivity index (χ0) is 21.4. The van der Waals surface area contributed by atoms with E-state index < -0.39 is 0 Å². The van der Waals surface area contributed by atoms with Crippen LogP contribution in [0.4, 0.5) is 0 Å². The highest BCUT2D eigenvalue weighted by molar-refractivity contribution is 6.01. The van der Waals surface area contributed by atoms with Gasteiger partial charge in [-0.2, -0.15) is 0 Å². The number of hydrogen-bond donors (Lipinski definition) is 0. The highest BCUT2D eigenvalue weighted by atomic mass is 16.6. The molecule has 1 aromatic rings. The molecule has 0 saturated carbocycles. The molecule has 1 atom stereocenters. The molecule has 2 heterocycles. The van der Waals surface area contributed by atoms with Gasteiger partial charge < -0.3 is 14.5 Å². The molecule has 30 heavy (non-hydrogen) atoms. The summed E-state index contributed by atoms with van der Waals surface area (Å²) >= 11 is 0. The molecule has 0 spiro atoms. The van der Waals surface area contributed by atoms with Gasteiger partial charge in [-0.25, -0.2) is 0 Å². The van der Waals surface area contributed by atoms with Crippen LogP contribution in [0.1, 0.15) is 71.8 Å². The molecule has 0 aliphatic carbocycles. The lowest BCUT2D eigenvalue weighted by molar-refractivity contribution is 0.000366. The standard InChI is InChI=1S/C25H41N3O2/c1-21-10-8-17-28(21)18-9-19-29-23-13-11-22(12-14-23)24(26-30-25(2,3)4)20-27-15-6-5-7-16-27/h11-14,21H,5-10,15-20H2,1-4H3/b26-24+. The maximum Gasteiger partial charge on any atom is 0.129 e. The predicted molar refractivity (Wildman–Crippen MR) is 124 cm³/mol. The molecule has 0 radical (unpaired) electrons. The molecule has 5 heteroatoms. The Morgan fingerprint density at radius 1 is 1.03 bits per heavy atom. The van der Waals surface area contributed by atoms with Crippen molar-refractivity contribution in [3.63, 3.8) is 0 Å². The van der Waals surface area contributed by atoms with Crippen LogP contribution in [0.15, 0.2) is 29.4 Å². The highest BCUT2D eigenvalue weighted by Gasteiger charge is 2.19. The average molecular weight is 416 g/mol. The summed E-state index contributed by atoms with van der Waals surface area (Å²) in [6.07, 6.45) is 7.64. The Morgan fingerprint density at radius 2 is 1.77 bits per heavy atom. The fraction of sp³-hybridized carbons (Fsp3) is 0.720. The van der Waals surface area contributed by atoms with E-state index in [1.807, 2.05) is 20.8 Å². The van der Waals surface area contributed by atoms with Crippen molar-refractivity contribution in [3.8, 4) is 5.75 Å². The number of rotatable bonds is 9. The van der Waals surface area contributed by atoms with Crippen molar-refractivity contribution in [2.24, 2.45) is 5.16 Å². The summed E-state index contributed by atoms with van der Waals surface area (Å²) in [6, 6.07) is 9.10. The molecular formula is C25H41N3O2. The Kier molecular flexibility index (Phi) is 8.58. The zero-order valence-corrected chi connectivity index (χ0v) is 19.5. The van der Waals surface area contributed by atoms with Gasteiger partial charge in [0.05, 0.1) is 6.61 Å². The molecule has 1 aromatic carbocycles. The van der Waals surface area contributed by atoms with E-state index in [2.05, 4.69) is 46.1 Å². The van der Waals surface area contributed by atoms with Gasteiger partial charge in [0.15, 0.2) is 0 Å². The van der Waals surface area contributed by atoms with Gasteiger partial charge in [-0.05, 0) is 104 Å². The summed E-state index contributed by atoms with van der Waals surface area (Å²) in [5.41, 5.74) is 1.83. The van der Waals surface area contributed by atoms with Crippen molar-refractivity contribution in [2.45, 2.75) is 77.9 Å².